The third-order valence-electron chi connectivity index (χ3n) is 2.96. The molecule has 91 valence electrons. The van der Waals surface area contributed by atoms with E-state index in [1.807, 2.05) is 48.5 Å². The van der Waals surface area contributed by atoms with Gasteiger partial charge in [0, 0.05) is 10.4 Å². The van der Waals surface area contributed by atoms with Crippen LogP contribution in [0.25, 0.3) is 0 Å². The average Bonchev–Trinajstić information content (AvgIpc) is 2.37. The molecule has 0 heterocycles. The van der Waals surface area contributed by atoms with Gasteiger partial charge >= 0.3 is 0 Å². The summed E-state index contributed by atoms with van der Waals surface area (Å²) in [5.74, 6) is 0.130. The van der Waals surface area contributed by atoms with E-state index in [1.165, 1.54) is 0 Å². The zero-order valence-electron chi connectivity index (χ0n) is 10.2. The summed E-state index contributed by atoms with van der Waals surface area (Å²) < 4.78 is 0.926. The van der Waals surface area contributed by atoms with Crippen molar-refractivity contribution in [3.63, 3.8) is 0 Å². The molecule has 1 unspecified atom stereocenters. The van der Waals surface area contributed by atoms with Crippen molar-refractivity contribution >= 4 is 21.7 Å². The first-order chi connectivity index (χ1) is 8.66. The van der Waals surface area contributed by atoms with Crippen LogP contribution in [0, 0.1) is 6.07 Å². The number of carbonyl (C=O) groups is 1. The normalized spacial score (nSPS) is 12.1. The molecule has 0 aromatic heterocycles. The first kappa shape index (κ1) is 13.0. The van der Waals surface area contributed by atoms with E-state index >= 15 is 0 Å². The van der Waals surface area contributed by atoms with Crippen molar-refractivity contribution in [2.45, 2.75) is 19.3 Å². The minimum atomic E-state index is -0.0690. The van der Waals surface area contributed by atoms with Crippen molar-refractivity contribution in [1.29, 1.82) is 0 Å². The molecule has 0 saturated heterocycles. The van der Waals surface area contributed by atoms with E-state index in [2.05, 4.69) is 22.0 Å². The fourth-order valence-electron chi connectivity index (χ4n) is 2.03. The molecule has 1 atom stereocenters. The number of hydrogen-bond donors (Lipinski definition) is 0. The van der Waals surface area contributed by atoms with Gasteiger partial charge in [0.25, 0.3) is 0 Å². The smallest absolute Gasteiger partial charge is 0.137 e. The van der Waals surface area contributed by atoms with Gasteiger partial charge in [-0.1, -0.05) is 58.4 Å². The molecule has 0 spiro atoms. The SMILES string of the molecule is CC(=O)C(Cc1cc[c]c(Br)c1)c1ccccc1. The molecule has 2 heteroatoms. The van der Waals surface area contributed by atoms with Gasteiger partial charge in [-0.15, -0.1) is 0 Å². The maximum Gasteiger partial charge on any atom is 0.137 e. The highest BCUT2D eigenvalue weighted by atomic mass is 79.9. The number of rotatable bonds is 4. The summed E-state index contributed by atoms with van der Waals surface area (Å²) in [6.07, 6.45) is 0.729. The molecule has 2 aromatic carbocycles. The Bertz CT molecular complexity index is 534. The fourth-order valence-corrected chi connectivity index (χ4v) is 2.45. The highest BCUT2D eigenvalue weighted by Crippen LogP contribution is 2.23. The van der Waals surface area contributed by atoms with Crippen LogP contribution in [0.5, 0.6) is 0 Å². The molecule has 0 aliphatic rings. The molecular weight excluding hydrogens is 288 g/mol. The van der Waals surface area contributed by atoms with Crippen LogP contribution < -0.4 is 0 Å². The van der Waals surface area contributed by atoms with Crippen molar-refractivity contribution in [3.05, 3.63) is 70.2 Å². The molecule has 1 nitrogen and oxygen atoms in total. The zero-order chi connectivity index (χ0) is 13.0. The van der Waals surface area contributed by atoms with Gasteiger partial charge in [-0.05, 0) is 36.6 Å². The summed E-state index contributed by atoms with van der Waals surface area (Å²) in [4.78, 5) is 11.8. The topological polar surface area (TPSA) is 17.1 Å². The fraction of sp³-hybridized carbons (Fsp3) is 0.188. The van der Waals surface area contributed by atoms with Gasteiger partial charge in [0.1, 0.15) is 5.78 Å². The Kier molecular flexibility index (Phi) is 4.32. The van der Waals surface area contributed by atoms with Gasteiger partial charge in [-0.25, -0.2) is 0 Å². The number of benzene rings is 2. The van der Waals surface area contributed by atoms with E-state index in [9.17, 15) is 4.79 Å². The second-order valence-corrected chi connectivity index (χ2v) is 5.18. The Balaban J connectivity index is 2.25. The van der Waals surface area contributed by atoms with Crippen molar-refractivity contribution in [1.82, 2.24) is 0 Å². The molecule has 1 radical (unpaired) electrons. The first-order valence-electron chi connectivity index (χ1n) is 5.88. The lowest BCUT2D eigenvalue weighted by atomic mass is 9.89. The van der Waals surface area contributed by atoms with Crippen molar-refractivity contribution < 1.29 is 4.79 Å². The quantitative estimate of drug-likeness (QED) is 0.828. The molecule has 18 heavy (non-hydrogen) atoms. The second kappa shape index (κ2) is 5.96. The number of hydrogen-bond acceptors (Lipinski definition) is 1. The maximum atomic E-state index is 11.8. The van der Waals surface area contributed by atoms with Gasteiger partial charge < -0.3 is 0 Å². The Hall–Kier alpha value is -1.41. The van der Waals surface area contributed by atoms with E-state index in [0.717, 1.165) is 22.0 Å². The van der Waals surface area contributed by atoms with Gasteiger partial charge in [-0.3, -0.25) is 4.79 Å². The lowest BCUT2D eigenvalue weighted by Crippen LogP contribution is -2.11. The maximum absolute atomic E-state index is 11.8. The summed E-state index contributed by atoms with van der Waals surface area (Å²) in [6, 6.07) is 18.9. The van der Waals surface area contributed by atoms with Crippen molar-refractivity contribution in [3.8, 4) is 0 Å². The van der Waals surface area contributed by atoms with Crippen LogP contribution in [0.2, 0.25) is 0 Å². The number of halogens is 1. The van der Waals surface area contributed by atoms with E-state index in [1.54, 1.807) is 6.92 Å². The van der Waals surface area contributed by atoms with Crippen LogP contribution >= 0.6 is 15.9 Å². The van der Waals surface area contributed by atoms with E-state index in [0.29, 0.717) is 0 Å². The van der Waals surface area contributed by atoms with Crippen LogP contribution in [-0.4, -0.2) is 5.78 Å². The molecule has 0 bridgehead atoms. The highest BCUT2D eigenvalue weighted by molar-refractivity contribution is 9.10. The number of ketones is 1. The lowest BCUT2D eigenvalue weighted by Gasteiger charge is -2.14. The van der Waals surface area contributed by atoms with E-state index in [-0.39, 0.29) is 11.7 Å². The Morgan fingerprint density at radius 1 is 1.28 bits per heavy atom. The number of Topliss-reactive ketones (excluding diaryl/α,β-unsaturated/α-hetero) is 1. The Morgan fingerprint density at radius 3 is 2.61 bits per heavy atom. The predicted octanol–water partition coefficient (Wildman–Crippen LogP) is 4.16. The van der Waals surface area contributed by atoms with Crippen molar-refractivity contribution in [2.75, 3.05) is 0 Å². The van der Waals surface area contributed by atoms with E-state index in [4.69, 9.17) is 0 Å². The summed E-state index contributed by atoms with van der Waals surface area (Å²) in [6.45, 7) is 1.65. The van der Waals surface area contributed by atoms with Crippen LogP contribution in [0.3, 0.4) is 0 Å². The standard InChI is InChI=1S/C16H14BrO/c1-12(18)16(14-7-3-2-4-8-14)11-13-6-5-9-15(17)10-13/h2-8,10,16H,11H2,1H3. The molecule has 0 saturated carbocycles. The van der Waals surface area contributed by atoms with Gasteiger partial charge in [0.2, 0.25) is 0 Å². The zero-order valence-corrected chi connectivity index (χ0v) is 11.8. The Labute approximate surface area is 116 Å². The summed E-state index contributed by atoms with van der Waals surface area (Å²) in [5.41, 5.74) is 2.22. The molecular formula is C16H14BrO. The minimum absolute atomic E-state index is 0.0690. The predicted molar refractivity (Wildman–Crippen MR) is 76.5 cm³/mol. The molecule has 0 fully saturated rings. The summed E-state index contributed by atoms with van der Waals surface area (Å²) >= 11 is 3.40. The first-order valence-corrected chi connectivity index (χ1v) is 6.67. The van der Waals surface area contributed by atoms with Crippen LogP contribution in [0.1, 0.15) is 24.0 Å². The van der Waals surface area contributed by atoms with Gasteiger partial charge in [-0.2, -0.15) is 0 Å². The van der Waals surface area contributed by atoms with Crippen molar-refractivity contribution in [2.24, 2.45) is 0 Å². The molecule has 0 aliphatic carbocycles. The molecule has 0 aliphatic heterocycles. The lowest BCUT2D eigenvalue weighted by molar-refractivity contribution is -0.118. The third-order valence-corrected chi connectivity index (χ3v) is 3.42. The molecule has 2 aromatic rings. The highest BCUT2D eigenvalue weighted by Gasteiger charge is 2.16. The average molecular weight is 302 g/mol. The monoisotopic (exact) mass is 301 g/mol. The number of carbonyl (C=O) groups excluding carboxylic acids is 1. The molecule has 2 rings (SSSR count). The minimum Gasteiger partial charge on any atom is -0.299 e. The van der Waals surface area contributed by atoms with Crippen LogP contribution in [-0.2, 0) is 11.2 Å². The van der Waals surface area contributed by atoms with Gasteiger partial charge in [0.05, 0.1) is 0 Å². The Morgan fingerprint density at radius 2 is 2.00 bits per heavy atom. The summed E-state index contributed by atoms with van der Waals surface area (Å²) in [5, 5.41) is 0. The molecule has 0 N–H and O–H groups in total. The van der Waals surface area contributed by atoms with Crippen LogP contribution in [0.15, 0.2) is 53.0 Å². The second-order valence-electron chi connectivity index (χ2n) is 4.32. The third kappa shape index (κ3) is 3.30. The van der Waals surface area contributed by atoms with Gasteiger partial charge in [0.15, 0.2) is 0 Å². The van der Waals surface area contributed by atoms with Crippen LogP contribution in [0.4, 0.5) is 0 Å². The molecule has 0 amide bonds. The van der Waals surface area contributed by atoms with E-state index < -0.39 is 0 Å². The largest absolute Gasteiger partial charge is 0.299 e. The summed E-state index contributed by atoms with van der Waals surface area (Å²) in [7, 11) is 0.